The van der Waals surface area contributed by atoms with E-state index in [4.69, 9.17) is 0 Å². The van der Waals surface area contributed by atoms with Gasteiger partial charge in [-0.15, -0.1) is 0 Å². The largest absolute Gasteiger partial charge is 0.354 e. The number of rotatable bonds is 3. The highest BCUT2D eigenvalue weighted by molar-refractivity contribution is 6.04. The number of hydrogen-bond donors (Lipinski definition) is 1. The zero-order chi connectivity index (χ0) is 18.3. The smallest absolute Gasteiger partial charge is 0.257 e. The first-order valence-corrected chi connectivity index (χ1v) is 9.07. The lowest BCUT2D eigenvalue weighted by molar-refractivity contribution is 0.0719. The van der Waals surface area contributed by atoms with Crippen LogP contribution in [0.1, 0.15) is 44.7 Å². The molecule has 1 atom stereocenters. The predicted molar refractivity (Wildman–Crippen MR) is 101 cm³/mol. The lowest BCUT2D eigenvalue weighted by atomic mass is 10.0. The van der Waals surface area contributed by atoms with Gasteiger partial charge in [0, 0.05) is 25.7 Å². The molecule has 134 valence electrons. The molecule has 5 nitrogen and oxygen atoms in total. The van der Waals surface area contributed by atoms with E-state index >= 15 is 0 Å². The van der Waals surface area contributed by atoms with E-state index in [1.807, 2.05) is 49.2 Å². The van der Waals surface area contributed by atoms with Crippen molar-refractivity contribution >= 4 is 17.5 Å². The van der Waals surface area contributed by atoms with E-state index in [1.165, 1.54) is 0 Å². The van der Waals surface area contributed by atoms with Crippen molar-refractivity contribution < 1.29 is 9.59 Å². The number of carbonyl (C=O) groups excluding carboxylic acids is 2. The van der Waals surface area contributed by atoms with E-state index in [0.717, 1.165) is 36.2 Å². The number of carbonyl (C=O) groups is 2. The van der Waals surface area contributed by atoms with Crippen molar-refractivity contribution in [3.05, 3.63) is 64.7 Å². The lowest BCUT2D eigenvalue weighted by Gasteiger charge is -2.40. The third-order valence-corrected chi connectivity index (χ3v) is 5.50. The predicted octanol–water partition coefficient (Wildman–Crippen LogP) is 2.94. The van der Waals surface area contributed by atoms with E-state index in [0.29, 0.717) is 17.7 Å². The van der Waals surface area contributed by atoms with Gasteiger partial charge in [-0.25, -0.2) is 0 Å². The number of hydrogen-bond acceptors (Lipinski definition) is 3. The van der Waals surface area contributed by atoms with Crippen LogP contribution in [-0.4, -0.2) is 36.5 Å². The molecule has 2 aliphatic heterocycles. The minimum Gasteiger partial charge on any atom is -0.354 e. The zero-order valence-electron chi connectivity index (χ0n) is 15.2. The van der Waals surface area contributed by atoms with Crippen LogP contribution in [0.2, 0.25) is 0 Å². The van der Waals surface area contributed by atoms with Crippen LogP contribution >= 0.6 is 0 Å². The molecule has 0 radical (unpaired) electrons. The molecule has 0 bridgehead atoms. The van der Waals surface area contributed by atoms with Gasteiger partial charge in [-0.05, 0) is 49.1 Å². The topological polar surface area (TPSA) is 52.7 Å². The van der Waals surface area contributed by atoms with Gasteiger partial charge in [-0.2, -0.15) is 0 Å². The van der Waals surface area contributed by atoms with E-state index in [2.05, 4.69) is 10.2 Å². The molecule has 1 saturated heterocycles. The summed E-state index contributed by atoms with van der Waals surface area (Å²) in [6.45, 7) is 3.34. The maximum absolute atomic E-state index is 12.7. The molecule has 1 N–H and O–H groups in total. The molecular weight excluding hydrogens is 326 g/mol. The van der Waals surface area contributed by atoms with Gasteiger partial charge in [0.2, 0.25) is 0 Å². The number of fused-ring (bicyclic) bond motifs is 2. The molecule has 1 fully saturated rings. The molecule has 0 aliphatic carbocycles. The molecule has 2 heterocycles. The summed E-state index contributed by atoms with van der Waals surface area (Å²) >= 11 is 0. The van der Waals surface area contributed by atoms with Crippen molar-refractivity contribution in [3.63, 3.8) is 0 Å². The van der Waals surface area contributed by atoms with Gasteiger partial charge in [0.1, 0.15) is 6.17 Å². The monoisotopic (exact) mass is 349 g/mol. The normalized spacial score (nSPS) is 18.5. The Morgan fingerprint density at radius 1 is 1.23 bits per heavy atom. The summed E-state index contributed by atoms with van der Waals surface area (Å²) in [4.78, 5) is 29.3. The fraction of sp³-hybridized carbons (Fsp3) is 0.333. The third-order valence-electron chi connectivity index (χ3n) is 5.50. The molecule has 0 aromatic heterocycles. The van der Waals surface area contributed by atoms with E-state index in [1.54, 1.807) is 12.1 Å². The summed E-state index contributed by atoms with van der Waals surface area (Å²) in [6.07, 6.45) is 2.12. The Morgan fingerprint density at radius 2 is 2.04 bits per heavy atom. The number of aryl methyl sites for hydroxylation is 1. The second-order valence-electron chi connectivity index (χ2n) is 7.07. The molecule has 26 heavy (non-hydrogen) atoms. The third kappa shape index (κ3) is 2.73. The van der Waals surface area contributed by atoms with Gasteiger partial charge >= 0.3 is 0 Å². The Labute approximate surface area is 153 Å². The number of benzene rings is 2. The molecule has 2 amide bonds. The SMILES string of the molecule is Cc1ccccc1CNC(=O)c1ccc2c(c1)N(C)[C@@H]1CCCN1C2=O. The molecule has 2 aromatic carbocycles. The van der Waals surface area contributed by atoms with Crippen molar-refractivity contribution in [1.82, 2.24) is 10.2 Å². The fourth-order valence-corrected chi connectivity index (χ4v) is 3.94. The summed E-state index contributed by atoms with van der Waals surface area (Å²) in [6, 6.07) is 13.4. The van der Waals surface area contributed by atoms with Crippen molar-refractivity contribution in [2.24, 2.45) is 0 Å². The van der Waals surface area contributed by atoms with E-state index < -0.39 is 0 Å². The lowest BCUT2D eigenvalue weighted by Crippen LogP contribution is -2.50. The summed E-state index contributed by atoms with van der Waals surface area (Å²) in [5, 5.41) is 2.98. The molecule has 2 aliphatic rings. The Bertz CT molecular complexity index is 877. The van der Waals surface area contributed by atoms with Crippen molar-refractivity contribution in [3.8, 4) is 0 Å². The number of nitrogens with zero attached hydrogens (tertiary/aromatic N) is 2. The van der Waals surface area contributed by atoms with Crippen molar-refractivity contribution in [1.29, 1.82) is 0 Å². The quantitative estimate of drug-likeness (QED) is 0.927. The average molecular weight is 349 g/mol. The highest BCUT2D eigenvalue weighted by Crippen LogP contribution is 2.35. The van der Waals surface area contributed by atoms with Gasteiger partial charge < -0.3 is 15.1 Å². The Kier molecular flexibility index (Phi) is 4.15. The summed E-state index contributed by atoms with van der Waals surface area (Å²) in [5.41, 5.74) is 4.38. The van der Waals surface area contributed by atoms with Crippen LogP contribution in [0.15, 0.2) is 42.5 Å². The van der Waals surface area contributed by atoms with Crippen LogP contribution in [0.25, 0.3) is 0 Å². The number of nitrogens with one attached hydrogen (secondary N) is 1. The maximum Gasteiger partial charge on any atom is 0.257 e. The first kappa shape index (κ1) is 16.6. The minimum absolute atomic E-state index is 0.0764. The fourth-order valence-electron chi connectivity index (χ4n) is 3.94. The second-order valence-corrected chi connectivity index (χ2v) is 7.07. The Hall–Kier alpha value is -2.82. The molecule has 2 aromatic rings. The minimum atomic E-state index is -0.120. The van der Waals surface area contributed by atoms with Gasteiger partial charge in [0.15, 0.2) is 0 Å². The van der Waals surface area contributed by atoms with Gasteiger partial charge in [-0.1, -0.05) is 24.3 Å². The van der Waals surface area contributed by atoms with Crippen molar-refractivity contribution in [2.45, 2.75) is 32.5 Å². The van der Waals surface area contributed by atoms with Crippen LogP contribution in [-0.2, 0) is 6.54 Å². The molecular formula is C21H23N3O2. The number of amides is 2. The van der Waals surface area contributed by atoms with Crippen LogP contribution in [0.3, 0.4) is 0 Å². The van der Waals surface area contributed by atoms with E-state index in [9.17, 15) is 9.59 Å². The Morgan fingerprint density at radius 3 is 2.85 bits per heavy atom. The molecule has 5 heteroatoms. The van der Waals surface area contributed by atoms with Gasteiger partial charge in [0.25, 0.3) is 11.8 Å². The van der Waals surface area contributed by atoms with Crippen LogP contribution in [0.5, 0.6) is 0 Å². The van der Waals surface area contributed by atoms with Gasteiger partial charge in [0.05, 0.1) is 11.3 Å². The standard InChI is InChI=1S/C21H23N3O2/c1-14-6-3-4-7-16(14)13-22-20(25)15-9-10-17-18(12-15)23(2)19-8-5-11-24(19)21(17)26/h3-4,6-7,9-10,12,19H,5,8,11,13H2,1-2H3,(H,22,25)/t19-/m0/s1. The highest BCUT2D eigenvalue weighted by Gasteiger charge is 2.38. The summed E-state index contributed by atoms with van der Waals surface area (Å²) in [5.74, 6) is -0.0433. The van der Waals surface area contributed by atoms with Crippen LogP contribution in [0, 0.1) is 6.92 Å². The highest BCUT2D eigenvalue weighted by atomic mass is 16.2. The molecule has 0 unspecified atom stereocenters. The van der Waals surface area contributed by atoms with Crippen LogP contribution in [0.4, 0.5) is 5.69 Å². The molecule has 0 spiro atoms. The van der Waals surface area contributed by atoms with Crippen LogP contribution < -0.4 is 10.2 Å². The molecule has 0 saturated carbocycles. The number of anilines is 1. The first-order valence-electron chi connectivity index (χ1n) is 9.07. The van der Waals surface area contributed by atoms with Gasteiger partial charge in [-0.3, -0.25) is 9.59 Å². The second kappa shape index (κ2) is 6.48. The first-order chi connectivity index (χ1) is 12.6. The summed E-state index contributed by atoms with van der Waals surface area (Å²) in [7, 11) is 2.00. The molecule has 4 rings (SSSR count). The summed E-state index contributed by atoms with van der Waals surface area (Å²) < 4.78 is 0. The van der Waals surface area contributed by atoms with E-state index in [-0.39, 0.29) is 18.0 Å². The average Bonchev–Trinajstić information content (AvgIpc) is 3.15. The maximum atomic E-state index is 12.7. The Balaban J connectivity index is 1.55. The van der Waals surface area contributed by atoms with Crippen molar-refractivity contribution in [2.75, 3.05) is 18.5 Å². The zero-order valence-corrected chi connectivity index (χ0v) is 15.2.